The van der Waals surface area contributed by atoms with Gasteiger partial charge in [-0.2, -0.15) is 10.2 Å². The van der Waals surface area contributed by atoms with Gasteiger partial charge in [0.1, 0.15) is 17.0 Å². The molecule has 1 fully saturated rings. The maximum absolute atomic E-state index is 13.2. The molecule has 4 aromatic rings. The van der Waals surface area contributed by atoms with Crippen molar-refractivity contribution in [3.8, 4) is 17.0 Å². The van der Waals surface area contributed by atoms with E-state index in [0.29, 0.717) is 38.9 Å². The Morgan fingerprint density at radius 2 is 2.09 bits per heavy atom. The van der Waals surface area contributed by atoms with E-state index in [4.69, 9.17) is 21.4 Å². The van der Waals surface area contributed by atoms with E-state index in [9.17, 15) is 4.79 Å². The minimum atomic E-state index is -0.312. The van der Waals surface area contributed by atoms with Crippen LogP contribution in [0.5, 0.6) is 5.75 Å². The smallest absolute Gasteiger partial charge is 0.261 e. The molecule has 0 saturated carbocycles. The molecule has 9 nitrogen and oxygen atoms in total. The number of nitrogens with zero attached hydrogens (tertiary/aromatic N) is 6. The molecule has 1 saturated heterocycles. The summed E-state index contributed by atoms with van der Waals surface area (Å²) in [6, 6.07) is 7.12. The van der Waals surface area contributed by atoms with Crippen LogP contribution in [0.3, 0.4) is 0 Å². The van der Waals surface area contributed by atoms with Crippen LogP contribution >= 0.6 is 11.6 Å². The van der Waals surface area contributed by atoms with Crippen LogP contribution in [-0.4, -0.2) is 61.9 Å². The lowest BCUT2D eigenvalue weighted by molar-refractivity contribution is 0.102. The fourth-order valence-electron chi connectivity index (χ4n) is 4.33. The minimum Gasteiger partial charge on any atom is -0.496 e. The molecule has 0 spiro atoms. The molecule has 10 heteroatoms. The van der Waals surface area contributed by atoms with Crippen LogP contribution in [-0.2, 0) is 6.54 Å². The van der Waals surface area contributed by atoms with Crippen LogP contribution < -0.4 is 10.1 Å². The van der Waals surface area contributed by atoms with Crippen molar-refractivity contribution in [2.45, 2.75) is 25.8 Å². The lowest BCUT2D eigenvalue weighted by atomic mass is 10.1. The third-order valence-corrected chi connectivity index (χ3v) is 6.25. The first-order valence-electron chi connectivity index (χ1n) is 11.4. The maximum Gasteiger partial charge on any atom is 0.261 e. The molecule has 1 amide bonds. The number of aromatic nitrogens is 5. The lowest BCUT2D eigenvalue weighted by Gasteiger charge is -2.13. The van der Waals surface area contributed by atoms with Crippen molar-refractivity contribution in [1.82, 2.24) is 29.3 Å². The summed E-state index contributed by atoms with van der Waals surface area (Å²) in [5.41, 5.74) is 2.74. The number of aryl methyl sites for hydroxylation is 1. The molecule has 0 radical (unpaired) electrons. The molecule has 0 bridgehead atoms. The zero-order chi connectivity index (χ0) is 23.5. The molecule has 0 aliphatic carbocycles. The zero-order valence-electron chi connectivity index (χ0n) is 18.9. The fraction of sp³-hybridized carbons (Fsp3) is 0.333. The third kappa shape index (κ3) is 4.62. The molecule has 3 aromatic heterocycles. The van der Waals surface area contributed by atoms with Crippen molar-refractivity contribution >= 4 is 28.8 Å². The van der Waals surface area contributed by atoms with Gasteiger partial charge in [0.25, 0.3) is 5.91 Å². The van der Waals surface area contributed by atoms with Gasteiger partial charge in [0.15, 0.2) is 5.65 Å². The first-order chi connectivity index (χ1) is 16.6. The van der Waals surface area contributed by atoms with Gasteiger partial charge in [0.05, 0.1) is 19.0 Å². The Bertz CT molecular complexity index is 1310. The highest BCUT2D eigenvalue weighted by Gasteiger charge is 2.21. The number of anilines is 1. The number of amides is 1. The van der Waals surface area contributed by atoms with Gasteiger partial charge in [-0.25, -0.2) is 9.50 Å². The SMILES string of the molecule is COc1ccc(Cl)cc1-c1nn(CCCN2CCCC2)cc1NC(=O)c1cnn2cccnc12. The number of carbonyl (C=O) groups excluding carboxylic acids is 1. The van der Waals surface area contributed by atoms with Gasteiger partial charge >= 0.3 is 0 Å². The number of rotatable bonds is 8. The van der Waals surface area contributed by atoms with E-state index >= 15 is 0 Å². The normalized spacial score (nSPS) is 14.1. The number of ether oxygens (including phenoxy) is 1. The van der Waals surface area contributed by atoms with Crippen molar-refractivity contribution in [3.05, 3.63) is 59.6 Å². The molecular formula is C24H26ClN7O2. The van der Waals surface area contributed by atoms with Gasteiger partial charge in [-0.3, -0.25) is 9.48 Å². The molecule has 4 heterocycles. The highest BCUT2D eigenvalue weighted by Crippen LogP contribution is 2.36. The second-order valence-electron chi connectivity index (χ2n) is 8.30. The zero-order valence-corrected chi connectivity index (χ0v) is 19.7. The number of fused-ring (bicyclic) bond motifs is 1. The Morgan fingerprint density at radius 1 is 1.24 bits per heavy atom. The van der Waals surface area contributed by atoms with E-state index in [1.54, 1.807) is 48.3 Å². The van der Waals surface area contributed by atoms with Gasteiger partial charge in [-0.05, 0) is 63.2 Å². The monoisotopic (exact) mass is 479 g/mol. The number of hydrogen-bond donors (Lipinski definition) is 1. The molecule has 0 unspecified atom stereocenters. The molecule has 1 aromatic carbocycles. The van der Waals surface area contributed by atoms with Crippen LogP contribution in [0, 0.1) is 0 Å². The van der Waals surface area contributed by atoms with Gasteiger partial charge in [-0.15, -0.1) is 0 Å². The number of carbonyl (C=O) groups is 1. The maximum atomic E-state index is 13.2. The quantitative estimate of drug-likeness (QED) is 0.411. The van der Waals surface area contributed by atoms with Crippen LogP contribution in [0.2, 0.25) is 5.02 Å². The van der Waals surface area contributed by atoms with Crippen molar-refractivity contribution in [2.24, 2.45) is 0 Å². The Kier molecular flexibility index (Phi) is 6.46. The summed E-state index contributed by atoms with van der Waals surface area (Å²) in [4.78, 5) is 19.9. The summed E-state index contributed by atoms with van der Waals surface area (Å²) in [5.74, 6) is 0.312. The van der Waals surface area contributed by atoms with Crippen LogP contribution in [0.15, 0.2) is 49.1 Å². The minimum absolute atomic E-state index is 0.312. The largest absolute Gasteiger partial charge is 0.496 e. The van der Waals surface area contributed by atoms with Gasteiger partial charge in [0.2, 0.25) is 0 Å². The second kappa shape index (κ2) is 9.82. The van der Waals surface area contributed by atoms with Crippen molar-refractivity contribution in [1.29, 1.82) is 0 Å². The molecule has 176 valence electrons. The Labute approximate surface area is 202 Å². The van der Waals surface area contributed by atoms with Crippen molar-refractivity contribution in [3.63, 3.8) is 0 Å². The highest BCUT2D eigenvalue weighted by molar-refractivity contribution is 6.31. The Hall–Kier alpha value is -3.43. The number of halogens is 1. The van der Waals surface area contributed by atoms with Gasteiger partial charge < -0.3 is 15.0 Å². The summed E-state index contributed by atoms with van der Waals surface area (Å²) >= 11 is 6.29. The molecule has 1 aliphatic heterocycles. The average Bonchev–Trinajstić information content (AvgIpc) is 3.59. The summed E-state index contributed by atoms with van der Waals surface area (Å²) in [6.07, 6.45) is 10.3. The summed E-state index contributed by atoms with van der Waals surface area (Å²) in [7, 11) is 1.60. The van der Waals surface area contributed by atoms with Crippen LogP contribution in [0.4, 0.5) is 5.69 Å². The molecule has 5 rings (SSSR count). The number of nitrogens with one attached hydrogen (secondary N) is 1. The van der Waals surface area contributed by atoms with Crippen molar-refractivity contribution < 1.29 is 9.53 Å². The van der Waals surface area contributed by atoms with E-state index in [1.807, 2.05) is 10.9 Å². The molecule has 1 aliphatic rings. The average molecular weight is 480 g/mol. The summed E-state index contributed by atoms with van der Waals surface area (Å²) in [6.45, 7) is 4.10. The standard InChI is InChI=1S/C24H26ClN7O2/c1-34-21-7-6-17(25)14-18(21)22-20(16-31(29-22)12-5-11-30-9-2-3-10-30)28-24(33)19-15-27-32-13-4-8-26-23(19)32/h4,6-8,13-16H,2-3,5,9-12H2,1H3,(H,28,33). The molecular weight excluding hydrogens is 454 g/mol. The molecule has 1 N–H and O–H groups in total. The van der Waals surface area contributed by atoms with Crippen LogP contribution in [0.1, 0.15) is 29.6 Å². The number of hydrogen-bond acceptors (Lipinski definition) is 6. The Morgan fingerprint density at radius 3 is 2.91 bits per heavy atom. The highest BCUT2D eigenvalue weighted by atomic mass is 35.5. The van der Waals surface area contributed by atoms with Crippen LogP contribution in [0.25, 0.3) is 16.9 Å². The molecule has 34 heavy (non-hydrogen) atoms. The van der Waals surface area contributed by atoms with E-state index in [-0.39, 0.29) is 5.91 Å². The predicted octanol–water partition coefficient (Wildman–Crippen LogP) is 3.99. The van der Waals surface area contributed by atoms with Gasteiger partial charge in [-0.1, -0.05) is 11.6 Å². The first kappa shape index (κ1) is 22.4. The van der Waals surface area contributed by atoms with Gasteiger partial charge in [0, 0.05) is 35.7 Å². The predicted molar refractivity (Wildman–Crippen MR) is 130 cm³/mol. The van der Waals surface area contributed by atoms with Crippen molar-refractivity contribution in [2.75, 3.05) is 32.1 Å². The summed E-state index contributed by atoms with van der Waals surface area (Å²) in [5, 5.41) is 12.6. The van der Waals surface area contributed by atoms with E-state index in [1.165, 1.54) is 32.1 Å². The fourth-order valence-corrected chi connectivity index (χ4v) is 4.50. The number of benzene rings is 1. The van der Waals surface area contributed by atoms with E-state index in [2.05, 4.69) is 20.3 Å². The molecule has 0 atom stereocenters. The lowest BCUT2D eigenvalue weighted by Crippen LogP contribution is -2.21. The first-order valence-corrected chi connectivity index (χ1v) is 11.7. The van der Waals surface area contributed by atoms with E-state index < -0.39 is 0 Å². The Balaban J connectivity index is 1.44. The third-order valence-electron chi connectivity index (χ3n) is 6.01. The summed E-state index contributed by atoms with van der Waals surface area (Å²) < 4.78 is 8.99. The second-order valence-corrected chi connectivity index (χ2v) is 8.74. The van der Waals surface area contributed by atoms with E-state index in [0.717, 1.165) is 19.5 Å². The number of methoxy groups -OCH3 is 1. The topological polar surface area (TPSA) is 89.6 Å². The number of likely N-dealkylation sites (tertiary alicyclic amines) is 1.